The number of hydrogen-bond donors (Lipinski definition) is 1. The highest BCUT2D eigenvalue weighted by molar-refractivity contribution is 6.33. The van der Waals surface area contributed by atoms with Crippen LogP contribution in [0.3, 0.4) is 0 Å². The number of carbonyl (C=O) groups is 1. The second-order valence-corrected chi connectivity index (χ2v) is 7.05. The van der Waals surface area contributed by atoms with E-state index in [4.69, 9.17) is 21.8 Å². The van der Waals surface area contributed by atoms with E-state index in [1.54, 1.807) is 6.07 Å². The Morgan fingerprint density at radius 1 is 1.50 bits per heavy atom. The van der Waals surface area contributed by atoms with Crippen LogP contribution in [0.15, 0.2) is 16.7 Å². The zero-order chi connectivity index (χ0) is 16.9. The number of aryl methyl sites for hydroxylation is 1. The van der Waals surface area contributed by atoms with Crippen LogP contribution in [0.4, 0.5) is 5.82 Å². The number of primary amides is 1. The summed E-state index contributed by atoms with van der Waals surface area (Å²) in [5.74, 6) is 1.88. The molecule has 2 atom stereocenters. The van der Waals surface area contributed by atoms with Gasteiger partial charge in [0.15, 0.2) is 0 Å². The minimum absolute atomic E-state index is 0.130. The van der Waals surface area contributed by atoms with E-state index in [2.05, 4.69) is 20.1 Å². The van der Waals surface area contributed by atoms with Crippen LogP contribution in [0, 0.1) is 12.8 Å². The van der Waals surface area contributed by atoms with Gasteiger partial charge in [-0.25, -0.2) is 4.98 Å². The smallest absolute Gasteiger partial charge is 0.250 e. The highest BCUT2D eigenvalue weighted by Gasteiger charge is 2.54. The average molecular weight is 348 g/mol. The highest BCUT2D eigenvalue weighted by atomic mass is 35.5. The number of pyridine rings is 1. The third kappa shape index (κ3) is 2.26. The van der Waals surface area contributed by atoms with Gasteiger partial charge in [0.2, 0.25) is 17.7 Å². The Hall–Kier alpha value is -2.15. The third-order valence-electron chi connectivity index (χ3n) is 5.23. The number of fused-ring (bicyclic) bond motifs is 1. The third-order valence-corrected chi connectivity index (χ3v) is 5.51. The molecule has 24 heavy (non-hydrogen) atoms. The zero-order valence-electron chi connectivity index (χ0n) is 13.3. The summed E-state index contributed by atoms with van der Waals surface area (Å²) in [6.45, 7) is 3.39. The Kier molecular flexibility index (Phi) is 3.49. The van der Waals surface area contributed by atoms with E-state index >= 15 is 0 Å². The first-order valence-corrected chi connectivity index (χ1v) is 8.38. The molecule has 4 rings (SSSR count). The van der Waals surface area contributed by atoms with Crippen LogP contribution in [0.5, 0.6) is 0 Å². The summed E-state index contributed by atoms with van der Waals surface area (Å²) in [7, 11) is 0. The number of aromatic nitrogens is 3. The van der Waals surface area contributed by atoms with E-state index < -0.39 is 5.91 Å². The van der Waals surface area contributed by atoms with Gasteiger partial charge in [-0.2, -0.15) is 0 Å². The van der Waals surface area contributed by atoms with Crippen molar-refractivity contribution in [2.45, 2.75) is 31.6 Å². The fraction of sp³-hybridized carbons (Fsp3) is 0.500. The van der Waals surface area contributed by atoms with E-state index in [1.165, 1.54) is 6.20 Å². The lowest BCUT2D eigenvalue weighted by atomic mass is 9.80. The van der Waals surface area contributed by atoms with Crippen molar-refractivity contribution in [3.63, 3.8) is 0 Å². The molecule has 0 radical (unpaired) electrons. The maximum Gasteiger partial charge on any atom is 0.250 e. The van der Waals surface area contributed by atoms with Crippen molar-refractivity contribution in [2.24, 2.45) is 11.7 Å². The predicted molar refractivity (Wildman–Crippen MR) is 88.0 cm³/mol. The molecule has 1 amide bonds. The van der Waals surface area contributed by atoms with Crippen molar-refractivity contribution in [3.05, 3.63) is 34.6 Å². The van der Waals surface area contributed by atoms with Crippen LogP contribution >= 0.6 is 11.6 Å². The first kappa shape index (κ1) is 15.4. The lowest BCUT2D eigenvalue weighted by Crippen LogP contribution is -2.32. The van der Waals surface area contributed by atoms with Crippen LogP contribution < -0.4 is 10.6 Å². The normalized spacial score (nSPS) is 25.9. The Balaban J connectivity index is 1.67. The summed E-state index contributed by atoms with van der Waals surface area (Å²) in [4.78, 5) is 17.8. The number of rotatable bonds is 3. The molecule has 0 aromatic carbocycles. The molecule has 2 N–H and O–H groups in total. The van der Waals surface area contributed by atoms with Crippen LogP contribution in [-0.2, 0) is 5.41 Å². The number of halogens is 1. The maximum absolute atomic E-state index is 11.3. The fourth-order valence-electron chi connectivity index (χ4n) is 4.10. The predicted octanol–water partition coefficient (Wildman–Crippen LogP) is 2.08. The van der Waals surface area contributed by atoms with Crippen LogP contribution in [-0.4, -0.2) is 34.2 Å². The van der Waals surface area contributed by atoms with Crippen molar-refractivity contribution in [1.29, 1.82) is 0 Å². The minimum atomic E-state index is -0.535. The standard InChI is InChI=1S/C16H18ClN5O2/c1-9-20-21-15(24-9)16-4-2-3-11(16)7-22(8-16)14-12(17)5-10(6-19-14)13(18)23/h5-6,11H,2-4,7-8H2,1H3,(H2,18,23)/t11-,16-/m0/s1. The van der Waals surface area contributed by atoms with Crippen LogP contribution in [0.1, 0.15) is 41.4 Å². The first-order chi connectivity index (χ1) is 11.5. The Morgan fingerprint density at radius 3 is 3.00 bits per heavy atom. The molecule has 0 unspecified atom stereocenters. The monoisotopic (exact) mass is 347 g/mol. The fourth-order valence-corrected chi connectivity index (χ4v) is 4.38. The van der Waals surface area contributed by atoms with Gasteiger partial charge in [0, 0.05) is 26.2 Å². The molecule has 0 spiro atoms. The Labute approximate surface area is 144 Å². The first-order valence-electron chi connectivity index (χ1n) is 8.00. The molecule has 1 saturated carbocycles. The molecule has 1 saturated heterocycles. The van der Waals surface area contributed by atoms with Gasteiger partial charge in [0.1, 0.15) is 5.82 Å². The number of amides is 1. The maximum atomic E-state index is 11.3. The Bertz CT molecular complexity index is 808. The van der Waals surface area contributed by atoms with Crippen molar-refractivity contribution >= 4 is 23.3 Å². The van der Waals surface area contributed by atoms with Crippen LogP contribution in [0.25, 0.3) is 0 Å². The SMILES string of the molecule is Cc1nnc([C@]23CCC[C@H]2CN(c2ncc(C(N)=O)cc2Cl)C3)o1. The van der Waals surface area contributed by atoms with Crippen molar-refractivity contribution in [3.8, 4) is 0 Å². The second kappa shape index (κ2) is 5.44. The lowest BCUT2D eigenvalue weighted by Gasteiger charge is -2.25. The molecule has 2 aromatic rings. The van der Waals surface area contributed by atoms with Gasteiger partial charge < -0.3 is 15.1 Å². The highest BCUT2D eigenvalue weighted by Crippen LogP contribution is 2.51. The summed E-state index contributed by atoms with van der Waals surface area (Å²) in [5, 5.41) is 8.73. The molecule has 8 heteroatoms. The van der Waals surface area contributed by atoms with E-state index in [0.717, 1.165) is 38.2 Å². The van der Waals surface area contributed by atoms with E-state index in [9.17, 15) is 4.79 Å². The molecule has 1 aliphatic heterocycles. The van der Waals surface area contributed by atoms with Crippen molar-refractivity contribution in [2.75, 3.05) is 18.0 Å². The van der Waals surface area contributed by atoms with E-state index in [-0.39, 0.29) is 5.41 Å². The lowest BCUT2D eigenvalue weighted by molar-refractivity contribution is 0.1000. The minimum Gasteiger partial charge on any atom is -0.425 e. The summed E-state index contributed by atoms with van der Waals surface area (Å²) in [6.07, 6.45) is 4.77. The molecule has 2 fully saturated rings. The zero-order valence-corrected chi connectivity index (χ0v) is 14.1. The van der Waals surface area contributed by atoms with E-state index in [0.29, 0.717) is 28.2 Å². The average Bonchev–Trinajstić information content (AvgIpc) is 3.20. The molecule has 3 heterocycles. The van der Waals surface area contributed by atoms with Crippen molar-refractivity contribution < 1.29 is 9.21 Å². The van der Waals surface area contributed by atoms with Gasteiger partial charge in [-0.15, -0.1) is 10.2 Å². The molecular weight excluding hydrogens is 330 g/mol. The molecule has 126 valence electrons. The molecular formula is C16H18ClN5O2. The second-order valence-electron chi connectivity index (χ2n) is 6.65. The number of carbonyl (C=O) groups excluding carboxylic acids is 1. The van der Waals surface area contributed by atoms with Crippen LogP contribution in [0.2, 0.25) is 5.02 Å². The van der Waals surface area contributed by atoms with E-state index in [1.807, 2.05) is 6.92 Å². The van der Waals surface area contributed by atoms with Gasteiger partial charge >= 0.3 is 0 Å². The molecule has 2 aliphatic rings. The molecule has 0 bridgehead atoms. The number of hydrogen-bond acceptors (Lipinski definition) is 6. The largest absolute Gasteiger partial charge is 0.425 e. The molecule has 7 nitrogen and oxygen atoms in total. The van der Waals surface area contributed by atoms with Crippen molar-refractivity contribution in [1.82, 2.24) is 15.2 Å². The molecule has 2 aromatic heterocycles. The number of nitrogens with zero attached hydrogens (tertiary/aromatic N) is 4. The van der Waals surface area contributed by atoms with Gasteiger partial charge in [-0.1, -0.05) is 18.0 Å². The number of nitrogens with two attached hydrogens (primary N) is 1. The van der Waals surface area contributed by atoms with Gasteiger partial charge in [0.25, 0.3) is 0 Å². The quantitative estimate of drug-likeness (QED) is 0.912. The van der Waals surface area contributed by atoms with Gasteiger partial charge in [-0.05, 0) is 24.8 Å². The Morgan fingerprint density at radius 2 is 2.33 bits per heavy atom. The summed E-state index contributed by atoms with van der Waals surface area (Å²) < 4.78 is 5.77. The van der Waals surface area contributed by atoms with Gasteiger partial charge in [-0.3, -0.25) is 4.79 Å². The molecule has 1 aliphatic carbocycles. The summed E-state index contributed by atoms with van der Waals surface area (Å²) in [6, 6.07) is 1.57. The topological polar surface area (TPSA) is 98.1 Å². The number of anilines is 1. The summed E-state index contributed by atoms with van der Waals surface area (Å²) in [5.41, 5.74) is 5.46. The summed E-state index contributed by atoms with van der Waals surface area (Å²) >= 11 is 6.34. The van der Waals surface area contributed by atoms with Gasteiger partial charge in [0.05, 0.1) is 16.0 Å².